The summed E-state index contributed by atoms with van der Waals surface area (Å²) in [6, 6.07) is 17.9. The second-order valence-corrected chi connectivity index (χ2v) is 9.83. The van der Waals surface area contributed by atoms with E-state index < -0.39 is 0 Å². The van der Waals surface area contributed by atoms with Gasteiger partial charge in [-0.1, -0.05) is 69.5 Å². The van der Waals surface area contributed by atoms with Crippen LogP contribution < -0.4 is 0 Å². The Labute approximate surface area is 191 Å². The highest BCUT2D eigenvalue weighted by atomic mass is 16.2. The number of para-hydroxylation sites is 2. The number of hydrogen-bond acceptors (Lipinski definition) is 2. The fourth-order valence-corrected chi connectivity index (χ4v) is 5.59. The van der Waals surface area contributed by atoms with Crippen molar-refractivity contribution in [3.05, 3.63) is 65.5 Å². The highest BCUT2D eigenvalue weighted by Crippen LogP contribution is 2.35. The number of likely N-dealkylation sites (tertiary alicyclic amines) is 1. The number of carbonyl (C=O) groups excluding carboxylic acids is 1. The van der Waals surface area contributed by atoms with Crippen LogP contribution >= 0.6 is 0 Å². The molecule has 3 aromatic rings. The summed E-state index contributed by atoms with van der Waals surface area (Å²) in [5.41, 5.74) is 4.88. The first-order chi connectivity index (χ1) is 15.6. The summed E-state index contributed by atoms with van der Waals surface area (Å²) in [5, 5.41) is 0. The van der Waals surface area contributed by atoms with Crippen molar-refractivity contribution in [2.75, 3.05) is 6.54 Å². The SMILES string of the molecule is CCC(C)c1ccc(Cn2c(C3CC(=O)N(C4CCCCC4)C3)nc3ccccc32)cc1. The zero-order valence-corrected chi connectivity index (χ0v) is 19.5. The lowest BCUT2D eigenvalue weighted by atomic mass is 9.94. The van der Waals surface area contributed by atoms with E-state index in [9.17, 15) is 4.79 Å². The molecule has 2 aliphatic rings. The Hall–Kier alpha value is -2.62. The Morgan fingerprint density at radius 3 is 2.53 bits per heavy atom. The molecule has 4 nitrogen and oxygen atoms in total. The van der Waals surface area contributed by atoms with Crippen molar-refractivity contribution in [1.29, 1.82) is 0 Å². The van der Waals surface area contributed by atoms with E-state index in [1.54, 1.807) is 0 Å². The van der Waals surface area contributed by atoms with Gasteiger partial charge in [-0.05, 0) is 48.4 Å². The number of benzene rings is 2. The Bertz CT molecular complexity index is 1080. The lowest BCUT2D eigenvalue weighted by Crippen LogP contribution is -2.37. The minimum Gasteiger partial charge on any atom is -0.339 e. The zero-order valence-electron chi connectivity index (χ0n) is 19.5. The summed E-state index contributed by atoms with van der Waals surface area (Å²) in [6.07, 6.45) is 7.90. The quantitative estimate of drug-likeness (QED) is 0.465. The molecule has 2 unspecified atom stereocenters. The molecular weight excluding hydrogens is 394 g/mol. The van der Waals surface area contributed by atoms with Crippen LogP contribution in [-0.4, -0.2) is 32.9 Å². The molecule has 0 N–H and O–H groups in total. The predicted octanol–water partition coefficient (Wildman–Crippen LogP) is 6.25. The Kier molecular flexibility index (Phi) is 6.03. The lowest BCUT2D eigenvalue weighted by Gasteiger charge is -2.31. The molecule has 2 atom stereocenters. The minimum absolute atomic E-state index is 0.177. The van der Waals surface area contributed by atoms with Gasteiger partial charge >= 0.3 is 0 Å². The molecule has 1 amide bonds. The van der Waals surface area contributed by atoms with Gasteiger partial charge in [0.2, 0.25) is 5.91 Å². The van der Waals surface area contributed by atoms with Gasteiger partial charge in [-0.25, -0.2) is 4.98 Å². The molecule has 0 spiro atoms. The van der Waals surface area contributed by atoms with Crippen LogP contribution in [0.25, 0.3) is 11.0 Å². The first-order valence-corrected chi connectivity index (χ1v) is 12.5. The predicted molar refractivity (Wildman–Crippen MR) is 130 cm³/mol. The van der Waals surface area contributed by atoms with Gasteiger partial charge in [0.1, 0.15) is 5.82 Å². The number of nitrogens with zero attached hydrogens (tertiary/aromatic N) is 3. The summed E-state index contributed by atoms with van der Waals surface area (Å²) in [5.74, 6) is 2.16. The van der Waals surface area contributed by atoms with Crippen LogP contribution in [0.5, 0.6) is 0 Å². The van der Waals surface area contributed by atoms with Crippen molar-refractivity contribution in [3.63, 3.8) is 0 Å². The van der Waals surface area contributed by atoms with Gasteiger partial charge < -0.3 is 9.47 Å². The fraction of sp³-hybridized carbons (Fsp3) is 0.500. The number of fused-ring (bicyclic) bond motifs is 1. The molecule has 4 heteroatoms. The maximum atomic E-state index is 13.0. The number of hydrogen-bond donors (Lipinski definition) is 0. The topological polar surface area (TPSA) is 38.1 Å². The highest BCUT2D eigenvalue weighted by Gasteiger charge is 2.37. The van der Waals surface area contributed by atoms with Crippen molar-refractivity contribution in [1.82, 2.24) is 14.5 Å². The average Bonchev–Trinajstić information content (AvgIpc) is 3.40. The molecule has 0 radical (unpaired) electrons. The monoisotopic (exact) mass is 429 g/mol. The number of aromatic nitrogens is 2. The van der Waals surface area contributed by atoms with Crippen LogP contribution in [0.4, 0.5) is 0 Å². The minimum atomic E-state index is 0.177. The van der Waals surface area contributed by atoms with Crippen molar-refractivity contribution < 1.29 is 4.79 Å². The van der Waals surface area contributed by atoms with Crippen LogP contribution in [0.3, 0.4) is 0 Å². The standard InChI is InChI=1S/C28H35N3O/c1-3-20(2)22-15-13-21(14-16-22)18-31-26-12-8-7-11-25(26)29-28(31)23-17-27(32)30(19-23)24-9-5-4-6-10-24/h7-8,11-16,20,23-24H,3-6,9-10,17-19H2,1-2H3. The van der Waals surface area contributed by atoms with Crippen LogP contribution in [0.1, 0.15) is 87.6 Å². The molecule has 1 aromatic heterocycles. The van der Waals surface area contributed by atoms with E-state index >= 15 is 0 Å². The average molecular weight is 430 g/mol. The van der Waals surface area contributed by atoms with Gasteiger partial charge in [0.25, 0.3) is 0 Å². The molecule has 1 saturated heterocycles. The lowest BCUT2D eigenvalue weighted by molar-refractivity contribution is -0.130. The summed E-state index contributed by atoms with van der Waals surface area (Å²) >= 11 is 0. The molecule has 2 fully saturated rings. The van der Waals surface area contributed by atoms with Gasteiger partial charge in [-0.2, -0.15) is 0 Å². The molecule has 2 heterocycles. The molecule has 1 saturated carbocycles. The Morgan fingerprint density at radius 1 is 1.03 bits per heavy atom. The van der Waals surface area contributed by atoms with E-state index in [4.69, 9.17) is 4.98 Å². The second-order valence-electron chi connectivity index (χ2n) is 9.83. The van der Waals surface area contributed by atoms with Crippen molar-refractivity contribution in [2.24, 2.45) is 0 Å². The van der Waals surface area contributed by atoms with E-state index in [0.717, 1.165) is 49.2 Å². The van der Waals surface area contributed by atoms with Crippen molar-refractivity contribution in [2.45, 2.75) is 83.2 Å². The van der Waals surface area contributed by atoms with Gasteiger partial charge in [-0.15, -0.1) is 0 Å². The van der Waals surface area contributed by atoms with E-state index in [1.807, 2.05) is 0 Å². The molecule has 1 aliphatic carbocycles. The van der Waals surface area contributed by atoms with Gasteiger partial charge in [0, 0.05) is 31.5 Å². The van der Waals surface area contributed by atoms with Crippen molar-refractivity contribution in [3.8, 4) is 0 Å². The number of imidazole rings is 1. The third-order valence-electron chi connectivity index (χ3n) is 7.72. The second kappa shape index (κ2) is 9.09. The summed E-state index contributed by atoms with van der Waals surface area (Å²) in [7, 11) is 0. The van der Waals surface area contributed by atoms with Gasteiger partial charge in [0.15, 0.2) is 0 Å². The number of amides is 1. The third kappa shape index (κ3) is 4.07. The Morgan fingerprint density at radius 2 is 1.78 bits per heavy atom. The van der Waals surface area contributed by atoms with Gasteiger partial charge in [-0.3, -0.25) is 4.79 Å². The third-order valence-corrected chi connectivity index (χ3v) is 7.72. The fourth-order valence-electron chi connectivity index (χ4n) is 5.59. The molecular formula is C28H35N3O. The van der Waals surface area contributed by atoms with E-state index in [1.165, 1.54) is 30.4 Å². The van der Waals surface area contributed by atoms with E-state index in [-0.39, 0.29) is 5.92 Å². The summed E-state index contributed by atoms with van der Waals surface area (Å²) in [6.45, 7) is 6.14. The molecule has 1 aliphatic heterocycles. The Balaban J connectivity index is 1.44. The van der Waals surface area contributed by atoms with E-state index in [0.29, 0.717) is 24.3 Å². The van der Waals surface area contributed by atoms with Crippen LogP contribution in [-0.2, 0) is 11.3 Å². The molecule has 5 rings (SSSR count). The maximum absolute atomic E-state index is 13.0. The number of carbonyl (C=O) groups is 1. The molecule has 0 bridgehead atoms. The smallest absolute Gasteiger partial charge is 0.223 e. The number of rotatable bonds is 6. The normalized spacial score (nSPS) is 20.9. The van der Waals surface area contributed by atoms with Crippen LogP contribution in [0, 0.1) is 0 Å². The molecule has 2 aromatic carbocycles. The largest absolute Gasteiger partial charge is 0.339 e. The summed E-state index contributed by atoms with van der Waals surface area (Å²) in [4.78, 5) is 20.2. The zero-order chi connectivity index (χ0) is 22.1. The molecule has 32 heavy (non-hydrogen) atoms. The van der Waals surface area contributed by atoms with Crippen LogP contribution in [0.15, 0.2) is 48.5 Å². The maximum Gasteiger partial charge on any atom is 0.223 e. The van der Waals surface area contributed by atoms with Gasteiger partial charge in [0.05, 0.1) is 11.0 Å². The first-order valence-electron chi connectivity index (χ1n) is 12.5. The highest BCUT2D eigenvalue weighted by molar-refractivity contribution is 5.81. The first kappa shape index (κ1) is 21.2. The summed E-state index contributed by atoms with van der Waals surface area (Å²) < 4.78 is 2.36. The van der Waals surface area contributed by atoms with E-state index in [2.05, 4.69) is 71.8 Å². The van der Waals surface area contributed by atoms with Crippen LogP contribution in [0.2, 0.25) is 0 Å². The molecule has 168 valence electrons. The van der Waals surface area contributed by atoms with Crippen molar-refractivity contribution >= 4 is 16.9 Å².